The minimum absolute atomic E-state index is 0.267. The molecule has 1 rings (SSSR count). The molecule has 16 heavy (non-hydrogen) atoms. The lowest BCUT2D eigenvalue weighted by molar-refractivity contribution is -0.131. The Hall–Kier alpha value is -0.570. The molecule has 3 heteroatoms. The average molecular weight is 226 g/mol. The standard InChI is InChI=1S/C13H26N2O/c1-11(2)9-14(4)13(16)10-15-7-5-12(3)6-8-15/h11-12H,5-10H2,1-4H3. The summed E-state index contributed by atoms with van der Waals surface area (Å²) in [4.78, 5) is 16.1. The second-order valence-corrected chi connectivity index (χ2v) is 5.63. The number of hydrogen-bond acceptors (Lipinski definition) is 2. The number of carbonyl (C=O) groups is 1. The van der Waals surface area contributed by atoms with Gasteiger partial charge in [-0.3, -0.25) is 9.69 Å². The van der Waals surface area contributed by atoms with Crippen LogP contribution in [0, 0.1) is 11.8 Å². The zero-order valence-corrected chi connectivity index (χ0v) is 11.2. The number of likely N-dealkylation sites (N-methyl/N-ethyl adjacent to an activating group) is 1. The fourth-order valence-corrected chi connectivity index (χ4v) is 2.18. The number of nitrogens with zero attached hydrogens (tertiary/aromatic N) is 2. The molecule has 0 bridgehead atoms. The molecule has 3 nitrogen and oxygen atoms in total. The van der Waals surface area contributed by atoms with E-state index < -0.39 is 0 Å². The molecule has 1 aliphatic heterocycles. The smallest absolute Gasteiger partial charge is 0.236 e. The van der Waals surface area contributed by atoms with E-state index in [1.165, 1.54) is 12.8 Å². The molecule has 0 saturated carbocycles. The van der Waals surface area contributed by atoms with Crippen molar-refractivity contribution in [3.63, 3.8) is 0 Å². The van der Waals surface area contributed by atoms with E-state index in [0.29, 0.717) is 12.5 Å². The van der Waals surface area contributed by atoms with E-state index >= 15 is 0 Å². The van der Waals surface area contributed by atoms with Gasteiger partial charge >= 0.3 is 0 Å². The van der Waals surface area contributed by atoms with Crippen LogP contribution in [0.25, 0.3) is 0 Å². The highest BCUT2D eigenvalue weighted by molar-refractivity contribution is 5.78. The van der Waals surface area contributed by atoms with Crippen LogP contribution in [-0.4, -0.2) is 48.9 Å². The van der Waals surface area contributed by atoms with Crippen molar-refractivity contribution in [1.82, 2.24) is 9.80 Å². The average Bonchev–Trinajstić information content (AvgIpc) is 2.20. The molecule has 1 aliphatic rings. The Morgan fingerprint density at radius 2 is 1.94 bits per heavy atom. The summed E-state index contributed by atoms with van der Waals surface area (Å²) in [5.41, 5.74) is 0. The molecular formula is C13H26N2O. The van der Waals surface area contributed by atoms with Gasteiger partial charge in [0.1, 0.15) is 0 Å². The summed E-state index contributed by atoms with van der Waals surface area (Å²) in [7, 11) is 1.91. The topological polar surface area (TPSA) is 23.6 Å². The normalized spacial score (nSPS) is 19.1. The summed E-state index contributed by atoms with van der Waals surface area (Å²) in [6.07, 6.45) is 2.47. The summed E-state index contributed by atoms with van der Waals surface area (Å²) in [5, 5.41) is 0. The van der Waals surface area contributed by atoms with Crippen molar-refractivity contribution in [1.29, 1.82) is 0 Å². The molecule has 0 unspecified atom stereocenters. The van der Waals surface area contributed by atoms with Crippen molar-refractivity contribution in [3.8, 4) is 0 Å². The Bertz CT molecular complexity index is 220. The minimum atomic E-state index is 0.267. The number of amides is 1. The second kappa shape index (κ2) is 6.24. The van der Waals surface area contributed by atoms with E-state index in [4.69, 9.17) is 0 Å². The Morgan fingerprint density at radius 1 is 1.38 bits per heavy atom. The van der Waals surface area contributed by atoms with E-state index in [2.05, 4.69) is 25.7 Å². The van der Waals surface area contributed by atoms with E-state index in [9.17, 15) is 4.79 Å². The molecule has 0 radical (unpaired) electrons. The number of piperidine rings is 1. The zero-order chi connectivity index (χ0) is 12.1. The molecule has 0 aromatic heterocycles. The summed E-state index contributed by atoms with van der Waals surface area (Å²) in [5.74, 6) is 1.65. The third-order valence-electron chi connectivity index (χ3n) is 3.30. The quantitative estimate of drug-likeness (QED) is 0.730. The zero-order valence-electron chi connectivity index (χ0n) is 11.2. The van der Waals surface area contributed by atoms with Gasteiger partial charge in [-0.15, -0.1) is 0 Å². The van der Waals surface area contributed by atoms with Gasteiger partial charge < -0.3 is 4.90 Å². The molecule has 0 spiro atoms. The fraction of sp³-hybridized carbons (Fsp3) is 0.923. The molecular weight excluding hydrogens is 200 g/mol. The molecule has 0 atom stereocenters. The van der Waals surface area contributed by atoms with Gasteiger partial charge in [-0.25, -0.2) is 0 Å². The molecule has 0 aromatic carbocycles. The maximum Gasteiger partial charge on any atom is 0.236 e. The van der Waals surface area contributed by atoms with Crippen molar-refractivity contribution in [2.45, 2.75) is 33.6 Å². The lowest BCUT2D eigenvalue weighted by Crippen LogP contribution is -2.42. The van der Waals surface area contributed by atoms with Crippen molar-refractivity contribution >= 4 is 5.91 Å². The maximum atomic E-state index is 11.9. The maximum absolute atomic E-state index is 11.9. The molecule has 0 aliphatic carbocycles. The number of hydrogen-bond donors (Lipinski definition) is 0. The van der Waals surface area contributed by atoms with Gasteiger partial charge in [0.2, 0.25) is 5.91 Å². The SMILES string of the molecule is CC(C)CN(C)C(=O)CN1CCC(C)CC1. The van der Waals surface area contributed by atoms with E-state index in [0.717, 1.165) is 25.6 Å². The highest BCUT2D eigenvalue weighted by Gasteiger charge is 2.19. The minimum Gasteiger partial charge on any atom is -0.344 e. The summed E-state index contributed by atoms with van der Waals surface area (Å²) < 4.78 is 0. The van der Waals surface area contributed by atoms with Crippen molar-refractivity contribution in [2.75, 3.05) is 33.2 Å². The molecule has 1 amide bonds. The summed E-state index contributed by atoms with van der Waals surface area (Å²) >= 11 is 0. The fourth-order valence-electron chi connectivity index (χ4n) is 2.18. The second-order valence-electron chi connectivity index (χ2n) is 5.63. The Morgan fingerprint density at radius 3 is 2.44 bits per heavy atom. The van der Waals surface area contributed by atoms with Gasteiger partial charge in [-0.05, 0) is 37.8 Å². The van der Waals surface area contributed by atoms with Gasteiger partial charge in [0, 0.05) is 13.6 Å². The lowest BCUT2D eigenvalue weighted by Gasteiger charge is -2.31. The van der Waals surface area contributed by atoms with Gasteiger partial charge in [-0.2, -0.15) is 0 Å². The molecule has 94 valence electrons. The molecule has 1 saturated heterocycles. The van der Waals surface area contributed by atoms with Gasteiger partial charge in [-0.1, -0.05) is 20.8 Å². The highest BCUT2D eigenvalue weighted by Crippen LogP contribution is 2.15. The van der Waals surface area contributed by atoms with Crippen LogP contribution >= 0.6 is 0 Å². The third-order valence-corrected chi connectivity index (χ3v) is 3.30. The Balaban J connectivity index is 2.28. The lowest BCUT2D eigenvalue weighted by atomic mass is 9.99. The van der Waals surface area contributed by atoms with Crippen LogP contribution in [0.4, 0.5) is 0 Å². The van der Waals surface area contributed by atoms with Gasteiger partial charge in [0.05, 0.1) is 6.54 Å². The first-order valence-electron chi connectivity index (χ1n) is 6.45. The predicted molar refractivity (Wildman–Crippen MR) is 67.3 cm³/mol. The van der Waals surface area contributed by atoms with Crippen LogP contribution in [0.3, 0.4) is 0 Å². The van der Waals surface area contributed by atoms with Gasteiger partial charge in [0.25, 0.3) is 0 Å². The van der Waals surface area contributed by atoms with Crippen molar-refractivity contribution in [2.24, 2.45) is 11.8 Å². The Kier molecular flexibility index (Phi) is 5.26. The highest BCUT2D eigenvalue weighted by atomic mass is 16.2. The largest absolute Gasteiger partial charge is 0.344 e. The Labute approximate surface area is 99.8 Å². The summed E-state index contributed by atoms with van der Waals surface area (Å²) in [6, 6.07) is 0. The van der Waals surface area contributed by atoms with Crippen LogP contribution in [0.5, 0.6) is 0 Å². The summed E-state index contributed by atoms with van der Waals surface area (Å²) in [6.45, 7) is 10.2. The number of carbonyl (C=O) groups excluding carboxylic acids is 1. The monoisotopic (exact) mass is 226 g/mol. The first-order chi connectivity index (χ1) is 7.49. The molecule has 0 aromatic rings. The van der Waals surface area contributed by atoms with Crippen LogP contribution < -0.4 is 0 Å². The van der Waals surface area contributed by atoms with Crippen LogP contribution in [0.2, 0.25) is 0 Å². The van der Waals surface area contributed by atoms with E-state index in [1.54, 1.807) is 0 Å². The predicted octanol–water partition coefficient (Wildman–Crippen LogP) is 1.83. The first-order valence-corrected chi connectivity index (χ1v) is 6.45. The van der Waals surface area contributed by atoms with Crippen LogP contribution in [-0.2, 0) is 4.79 Å². The van der Waals surface area contributed by atoms with Crippen LogP contribution in [0.15, 0.2) is 0 Å². The third kappa shape index (κ3) is 4.52. The van der Waals surface area contributed by atoms with Crippen molar-refractivity contribution in [3.05, 3.63) is 0 Å². The molecule has 1 heterocycles. The van der Waals surface area contributed by atoms with Crippen LogP contribution in [0.1, 0.15) is 33.6 Å². The van der Waals surface area contributed by atoms with Gasteiger partial charge in [0.15, 0.2) is 0 Å². The van der Waals surface area contributed by atoms with Crippen molar-refractivity contribution < 1.29 is 4.79 Å². The number of rotatable bonds is 4. The van der Waals surface area contributed by atoms with E-state index in [-0.39, 0.29) is 5.91 Å². The van der Waals surface area contributed by atoms with E-state index in [1.807, 2.05) is 11.9 Å². The first kappa shape index (κ1) is 13.5. The molecule has 1 fully saturated rings. The number of likely N-dealkylation sites (tertiary alicyclic amines) is 1. The molecule has 0 N–H and O–H groups in total.